The summed E-state index contributed by atoms with van der Waals surface area (Å²) in [4.78, 5) is 22.7. The second-order valence-electron chi connectivity index (χ2n) is 6.66. The van der Waals surface area contributed by atoms with Gasteiger partial charge in [-0.2, -0.15) is 0 Å². The monoisotopic (exact) mass is 361 g/mol. The molecule has 140 valence electrons. The highest BCUT2D eigenvalue weighted by molar-refractivity contribution is 5.80. The van der Waals surface area contributed by atoms with E-state index in [0.717, 1.165) is 0 Å². The van der Waals surface area contributed by atoms with Gasteiger partial charge in [0.2, 0.25) is 0 Å². The highest BCUT2D eigenvalue weighted by Crippen LogP contribution is 2.38. The van der Waals surface area contributed by atoms with E-state index in [9.17, 15) is 31.5 Å². The van der Waals surface area contributed by atoms with Crippen LogP contribution in [0.2, 0.25) is 0 Å². The van der Waals surface area contributed by atoms with Crippen molar-refractivity contribution in [2.45, 2.75) is 69.7 Å². The molecule has 0 saturated heterocycles. The molecule has 2 N–H and O–H groups in total. The van der Waals surface area contributed by atoms with E-state index in [1.165, 1.54) is 20.8 Å². The molecule has 0 spiro atoms. The average molecular weight is 361 g/mol. The van der Waals surface area contributed by atoms with Gasteiger partial charge in [-0.05, 0) is 27.2 Å². The van der Waals surface area contributed by atoms with Crippen molar-refractivity contribution in [1.29, 1.82) is 0 Å². The van der Waals surface area contributed by atoms with E-state index in [-0.39, 0.29) is 0 Å². The van der Waals surface area contributed by atoms with E-state index in [0.29, 0.717) is 0 Å². The summed E-state index contributed by atoms with van der Waals surface area (Å²) in [5.41, 5.74) is -0.960. The van der Waals surface area contributed by atoms with Crippen LogP contribution in [0.3, 0.4) is 0 Å². The van der Waals surface area contributed by atoms with Crippen molar-refractivity contribution in [2.24, 2.45) is 5.92 Å². The van der Waals surface area contributed by atoms with Gasteiger partial charge in [-0.15, -0.1) is 0 Å². The third-order valence-electron chi connectivity index (χ3n) is 3.53. The third kappa shape index (κ3) is 4.94. The topological polar surface area (TPSA) is 75.6 Å². The van der Waals surface area contributed by atoms with Crippen LogP contribution in [0.5, 0.6) is 0 Å². The highest BCUT2D eigenvalue weighted by Gasteiger charge is 2.54. The van der Waals surface area contributed by atoms with Crippen LogP contribution < -0.4 is 5.32 Å². The standard InChI is InChI=1S/C14H20F5NO4/c1-14(2,3)24-13(23)20-6(12(21)22)4-5-7(15)9(17)11(19)10(18)8(5)16/h5-11H,4H2,1-3H3,(H,20,23)(H,21,22). The molecule has 0 heterocycles. The maximum atomic E-state index is 13.8. The zero-order valence-corrected chi connectivity index (χ0v) is 13.3. The first-order valence-corrected chi connectivity index (χ1v) is 7.28. The minimum atomic E-state index is -2.96. The number of amides is 1. The number of carboxylic acids is 1. The van der Waals surface area contributed by atoms with Gasteiger partial charge in [-0.25, -0.2) is 31.5 Å². The van der Waals surface area contributed by atoms with Crippen molar-refractivity contribution in [1.82, 2.24) is 5.32 Å². The summed E-state index contributed by atoms with van der Waals surface area (Å²) in [6, 6.07) is -1.85. The first-order valence-electron chi connectivity index (χ1n) is 7.28. The Morgan fingerprint density at radius 3 is 1.79 bits per heavy atom. The Morgan fingerprint density at radius 1 is 1.00 bits per heavy atom. The molecule has 24 heavy (non-hydrogen) atoms. The molecule has 0 aliphatic heterocycles. The molecule has 0 radical (unpaired) electrons. The lowest BCUT2D eigenvalue weighted by Crippen LogP contribution is -2.56. The first kappa shape index (κ1) is 20.4. The Morgan fingerprint density at radius 2 is 1.42 bits per heavy atom. The van der Waals surface area contributed by atoms with Gasteiger partial charge >= 0.3 is 12.1 Å². The number of rotatable bonds is 4. The van der Waals surface area contributed by atoms with E-state index in [1.807, 2.05) is 5.32 Å². The number of halogens is 5. The molecule has 1 saturated carbocycles. The number of alkyl carbamates (subject to hydrolysis) is 1. The quantitative estimate of drug-likeness (QED) is 0.755. The normalized spacial score (nSPS) is 35.2. The Bertz CT molecular complexity index is 457. The summed E-state index contributed by atoms with van der Waals surface area (Å²) in [7, 11) is 0. The minimum absolute atomic E-state index is 0.954. The smallest absolute Gasteiger partial charge is 0.408 e. The number of nitrogens with one attached hydrogen (secondary N) is 1. The molecule has 1 amide bonds. The molecule has 5 unspecified atom stereocenters. The van der Waals surface area contributed by atoms with Gasteiger partial charge in [0.1, 0.15) is 24.0 Å². The minimum Gasteiger partial charge on any atom is -0.480 e. The number of hydrogen-bond acceptors (Lipinski definition) is 3. The Kier molecular flexibility index (Phi) is 6.40. The summed E-state index contributed by atoms with van der Waals surface area (Å²) in [6.45, 7) is 4.50. The lowest BCUT2D eigenvalue weighted by molar-refractivity contribution is -0.142. The summed E-state index contributed by atoms with van der Waals surface area (Å²) < 4.78 is 72.2. The molecular weight excluding hydrogens is 341 g/mol. The van der Waals surface area contributed by atoms with E-state index in [1.54, 1.807) is 0 Å². The van der Waals surface area contributed by atoms with Gasteiger partial charge in [0.15, 0.2) is 18.5 Å². The molecule has 1 rings (SSSR count). The average Bonchev–Trinajstić information content (AvgIpc) is 2.44. The number of ether oxygens (including phenoxy) is 1. The largest absolute Gasteiger partial charge is 0.480 e. The number of hydrogen-bond donors (Lipinski definition) is 2. The van der Waals surface area contributed by atoms with Gasteiger partial charge in [-0.3, -0.25) is 0 Å². The van der Waals surface area contributed by atoms with Crippen molar-refractivity contribution in [3.8, 4) is 0 Å². The van der Waals surface area contributed by atoms with Gasteiger partial charge in [-0.1, -0.05) is 0 Å². The Balaban J connectivity index is 2.84. The second-order valence-corrected chi connectivity index (χ2v) is 6.66. The van der Waals surface area contributed by atoms with Gasteiger partial charge in [0.05, 0.1) is 0 Å². The molecule has 1 aliphatic carbocycles. The zero-order valence-electron chi connectivity index (χ0n) is 13.3. The fourth-order valence-electron chi connectivity index (χ4n) is 2.38. The second kappa shape index (κ2) is 7.52. The number of alkyl halides is 5. The van der Waals surface area contributed by atoms with Gasteiger partial charge < -0.3 is 15.2 Å². The molecule has 10 heteroatoms. The summed E-state index contributed by atoms with van der Waals surface area (Å²) in [5, 5.41) is 10.9. The lowest BCUT2D eigenvalue weighted by Gasteiger charge is -2.37. The predicted octanol–water partition coefficient (Wildman–Crippen LogP) is 2.67. The number of carbonyl (C=O) groups excluding carboxylic acids is 1. The van der Waals surface area contributed by atoms with Crippen molar-refractivity contribution in [3.63, 3.8) is 0 Å². The molecule has 0 aromatic heterocycles. The van der Waals surface area contributed by atoms with Gasteiger partial charge in [0.25, 0.3) is 0 Å². The zero-order chi connectivity index (χ0) is 18.8. The Labute approximate surface area is 135 Å². The summed E-state index contributed by atoms with van der Waals surface area (Å²) >= 11 is 0. The van der Waals surface area contributed by atoms with Crippen LogP contribution in [0.1, 0.15) is 27.2 Å². The van der Waals surface area contributed by atoms with Crippen molar-refractivity contribution < 1.29 is 41.4 Å². The van der Waals surface area contributed by atoms with E-state index >= 15 is 0 Å². The molecule has 1 aliphatic rings. The van der Waals surface area contributed by atoms with Crippen LogP contribution in [-0.4, -0.2) is 59.7 Å². The van der Waals surface area contributed by atoms with Gasteiger partial charge in [0, 0.05) is 5.92 Å². The van der Waals surface area contributed by atoms with Crippen LogP contribution in [0, 0.1) is 5.92 Å². The molecule has 5 atom stereocenters. The van der Waals surface area contributed by atoms with Crippen LogP contribution in [0.4, 0.5) is 26.7 Å². The van der Waals surface area contributed by atoms with Crippen molar-refractivity contribution in [2.75, 3.05) is 0 Å². The molecule has 0 aromatic rings. The number of carbonyl (C=O) groups is 2. The van der Waals surface area contributed by atoms with E-state index in [2.05, 4.69) is 0 Å². The van der Waals surface area contributed by atoms with Crippen molar-refractivity contribution in [3.05, 3.63) is 0 Å². The molecular formula is C14H20F5NO4. The number of carboxylic acid groups (broad SMARTS) is 1. The predicted molar refractivity (Wildman–Crippen MR) is 73.4 cm³/mol. The maximum Gasteiger partial charge on any atom is 0.408 e. The van der Waals surface area contributed by atoms with E-state index in [4.69, 9.17) is 9.84 Å². The first-order chi connectivity index (χ1) is 10.8. The SMILES string of the molecule is CC(C)(C)OC(=O)NC(CC1C(F)C(F)C(F)C(F)C1F)C(=O)O. The van der Waals surface area contributed by atoms with Crippen molar-refractivity contribution >= 4 is 12.1 Å². The third-order valence-corrected chi connectivity index (χ3v) is 3.53. The van der Waals surface area contributed by atoms with Crippen LogP contribution in [0.25, 0.3) is 0 Å². The lowest BCUT2D eigenvalue weighted by atomic mass is 9.78. The van der Waals surface area contributed by atoms with Crippen LogP contribution >= 0.6 is 0 Å². The Hall–Kier alpha value is -1.61. The van der Waals surface area contributed by atoms with Crippen LogP contribution in [0.15, 0.2) is 0 Å². The summed E-state index contributed by atoms with van der Waals surface area (Å²) in [5.74, 6) is -3.73. The molecule has 5 nitrogen and oxygen atoms in total. The molecule has 0 aromatic carbocycles. The fraction of sp³-hybridized carbons (Fsp3) is 0.857. The van der Waals surface area contributed by atoms with Crippen LogP contribution in [-0.2, 0) is 9.53 Å². The maximum absolute atomic E-state index is 13.8. The molecule has 0 bridgehead atoms. The highest BCUT2D eigenvalue weighted by atomic mass is 19.2. The summed E-state index contributed by atoms with van der Waals surface area (Å²) in [6.07, 6.45) is -16.4. The molecule has 1 fully saturated rings. The number of aliphatic carboxylic acids is 1. The fourth-order valence-corrected chi connectivity index (χ4v) is 2.38. The van der Waals surface area contributed by atoms with E-state index < -0.39 is 66.9 Å².